The van der Waals surface area contributed by atoms with Gasteiger partial charge in [0.15, 0.2) is 6.61 Å². The highest BCUT2D eigenvalue weighted by Crippen LogP contribution is 2.23. The quantitative estimate of drug-likeness (QED) is 0.383. The Hall–Kier alpha value is -3.08. The molecule has 0 spiro atoms. The summed E-state index contributed by atoms with van der Waals surface area (Å²) in [5, 5.41) is 0. The van der Waals surface area contributed by atoms with Crippen molar-refractivity contribution >= 4 is 23.5 Å². The third kappa shape index (κ3) is 5.72. The van der Waals surface area contributed by atoms with Gasteiger partial charge in [0.25, 0.3) is 5.91 Å². The van der Waals surface area contributed by atoms with Crippen LogP contribution < -0.4 is 4.74 Å². The summed E-state index contributed by atoms with van der Waals surface area (Å²) in [4.78, 5) is 27.2. The molecule has 0 N–H and O–H groups in total. The van der Waals surface area contributed by atoms with E-state index < -0.39 is 5.97 Å². The minimum Gasteiger partial charge on any atom is -0.497 e. The van der Waals surface area contributed by atoms with E-state index in [1.165, 1.54) is 6.42 Å². The first-order chi connectivity index (χ1) is 14.6. The van der Waals surface area contributed by atoms with Crippen molar-refractivity contribution in [3.63, 3.8) is 0 Å². The lowest BCUT2D eigenvalue weighted by Gasteiger charge is -2.31. The molecule has 0 atom stereocenters. The van der Waals surface area contributed by atoms with Crippen molar-refractivity contribution in [2.24, 2.45) is 0 Å². The summed E-state index contributed by atoms with van der Waals surface area (Å²) in [5.41, 5.74) is 1.95. The van der Waals surface area contributed by atoms with Crippen molar-refractivity contribution in [1.29, 1.82) is 0 Å². The predicted molar refractivity (Wildman–Crippen MR) is 118 cm³/mol. The summed E-state index contributed by atoms with van der Waals surface area (Å²) in [6, 6.07) is 17.0. The zero-order valence-electron chi connectivity index (χ0n) is 17.7. The van der Waals surface area contributed by atoms with Crippen LogP contribution in [0.3, 0.4) is 0 Å². The Morgan fingerprint density at radius 2 is 1.77 bits per heavy atom. The Balaban J connectivity index is 1.74. The number of likely N-dealkylation sites (N-methyl/N-ethyl adjacent to an activating group) is 1. The monoisotopic (exact) mass is 407 g/mol. The number of esters is 1. The third-order valence-corrected chi connectivity index (χ3v) is 5.55. The molecule has 0 bridgehead atoms. The molecule has 1 fully saturated rings. The lowest BCUT2D eigenvalue weighted by atomic mass is 9.94. The van der Waals surface area contributed by atoms with Crippen LogP contribution >= 0.6 is 0 Å². The molecule has 30 heavy (non-hydrogen) atoms. The Morgan fingerprint density at radius 1 is 1.03 bits per heavy atom. The van der Waals surface area contributed by atoms with Crippen molar-refractivity contribution < 1.29 is 19.1 Å². The minimum atomic E-state index is -0.519. The average Bonchev–Trinajstić information content (AvgIpc) is 2.81. The minimum absolute atomic E-state index is 0.163. The van der Waals surface area contributed by atoms with Crippen LogP contribution in [-0.2, 0) is 14.3 Å². The summed E-state index contributed by atoms with van der Waals surface area (Å²) < 4.78 is 10.7. The Labute approximate surface area is 178 Å². The molecule has 1 aliphatic rings. The molecule has 1 amide bonds. The number of nitrogens with zero attached hydrogens (tertiary/aromatic N) is 1. The number of rotatable bonds is 7. The third-order valence-electron chi connectivity index (χ3n) is 5.55. The van der Waals surface area contributed by atoms with Crippen LogP contribution in [0.4, 0.5) is 0 Å². The van der Waals surface area contributed by atoms with Gasteiger partial charge in [-0.05, 0) is 42.2 Å². The highest BCUT2D eigenvalue weighted by atomic mass is 16.5. The Morgan fingerprint density at radius 3 is 2.47 bits per heavy atom. The van der Waals surface area contributed by atoms with Gasteiger partial charge >= 0.3 is 5.97 Å². The molecule has 0 aromatic heterocycles. The molecule has 2 aromatic rings. The van der Waals surface area contributed by atoms with E-state index in [0.717, 1.165) is 36.8 Å². The van der Waals surface area contributed by atoms with Crippen LogP contribution in [0.25, 0.3) is 11.6 Å². The number of benzene rings is 2. The lowest BCUT2D eigenvalue weighted by molar-refractivity contribution is -0.148. The van der Waals surface area contributed by atoms with E-state index in [-0.39, 0.29) is 18.6 Å². The van der Waals surface area contributed by atoms with Crippen LogP contribution in [0.15, 0.2) is 54.6 Å². The van der Waals surface area contributed by atoms with Crippen molar-refractivity contribution in [3.05, 3.63) is 65.7 Å². The average molecular weight is 408 g/mol. The van der Waals surface area contributed by atoms with E-state index >= 15 is 0 Å². The maximum Gasteiger partial charge on any atom is 0.339 e. The maximum atomic E-state index is 12.9. The molecule has 5 heteroatoms. The molecule has 0 aliphatic heterocycles. The fraction of sp³-hybridized carbons (Fsp3) is 0.360. The number of carbonyl (C=O) groups excluding carboxylic acids is 2. The first-order valence-corrected chi connectivity index (χ1v) is 10.4. The van der Waals surface area contributed by atoms with Crippen LogP contribution in [0.2, 0.25) is 0 Å². The van der Waals surface area contributed by atoms with E-state index in [9.17, 15) is 9.59 Å². The molecule has 158 valence electrons. The zero-order chi connectivity index (χ0) is 21.3. The predicted octanol–water partition coefficient (Wildman–Crippen LogP) is 4.57. The van der Waals surface area contributed by atoms with Crippen molar-refractivity contribution in [2.45, 2.75) is 38.1 Å². The second kappa shape index (κ2) is 10.6. The molecule has 0 heterocycles. The molecule has 1 saturated carbocycles. The standard InChI is InChI=1S/C25H29NO4/c1-26(21-13-7-4-8-14-21)24(27)18-30-25(28)23(20-11-5-3-6-12-20)17-19-10-9-15-22(16-19)29-2/h3,5-6,9-12,15-17,21H,4,7-8,13-14,18H2,1-2H3. The van der Waals surface area contributed by atoms with Crippen LogP contribution in [0.5, 0.6) is 5.75 Å². The SMILES string of the molecule is COc1cccc(C=C(C(=O)OCC(=O)N(C)C2CCCCC2)c2ccccc2)c1. The second-order valence-corrected chi connectivity index (χ2v) is 7.57. The Kier molecular flexibility index (Phi) is 7.66. The molecule has 3 rings (SSSR count). The molecule has 2 aromatic carbocycles. The first kappa shape index (κ1) is 21.6. The van der Waals surface area contributed by atoms with Gasteiger partial charge in [0.1, 0.15) is 5.75 Å². The maximum absolute atomic E-state index is 12.9. The van der Waals surface area contributed by atoms with Gasteiger partial charge in [-0.15, -0.1) is 0 Å². The van der Waals surface area contributed by atoms with Crippen LogP contribution in [-0.4, -0.2) is 43.6 Å². The fourth-order valence-electron chi connectivity index (χ4n) is 3.75. The van der Waals surface area contributed by atoms with Gasteiger partial charge in [-0.1, -0.05) is 61.7 Å². The number of amides is 1. The van der Waals surface area contributed by atoms with Gasteiger partial charge in [-0.25, -0.2) is 4.79 Å². The highest BCUT2D eigenvalue weighted by molar-refractivity contribution is 6.21. The van der Waals surface area contributed by atoms with Gasteiger partial charge in [0, 0.05) is 13.1 Å². The molecule has 0 saturated heterocycles. The summed E-state index contributed by atoms with van der Waals surface area (Å²) in [6.45, 7) is -0.256. The first-order valence-electron chi connectivity index (χ1n) is 10.4. The smallest absolute Gasteiger partial charge is 0.339 e. The normalized spacial score (nSPS) is 14.8. The van der Waals surface area contributed by atoms with Crippen LogP contribution in [0.1, 0.15) is 43.2 Å². The molecule has 1 aliphatic carbocycles. The number of ether oxygens (including phenoxy) is 2. The number of methoxy groups -OCH3 is 1. The summed E-state index contributed by atoms with van der Waals surface area (Å²) >= 11 is 0. The van der Waals surface area contributed by atoms with E-state index in [4.69, 9.17) is 9.47 Å². The largest absolute Gasteiger partial charge is 0.497 e. The van der Waals surface area contributed by atoms with Gasteiger partial charge in [0.2, 0.25) is 0 Å². The number of hydrogen-bond acceptors (Lipinski definition) is 4. The molecule has 0 unspecified atom stereocenters. The summed E-state index contributed by atoms with van der Waals surface area (Å²) in [6.07, 6.45) is 7.30. The Bertz CT molecular complexity index is 885. The van der Waals surface area contributed by atoms with E-state index in [1.807, 2.05) is 54.6 Å². The number of carbonyl (C=O) groups is 2. The molecular weight excluding hydrogens is 378 g/mol. The van der Waals surface area contributed by atoms with Gasteiger partial charge in [0.05, 0.1) is 12.7 Å². The fourth-order valence-corrected chi connectivity index (χ4v) is 3.75. The number of hydrogen-bond donors (Lipinski definition) is 0. The lowest BCUT2D eigenvalue weighted by Crippen LogP contribution is -2.40. The topological polar surface area (TPSA) is 55.8 Å². The highest BCUT2D eigenvalue weighted by Gasteiger charge is 2.23. The molecule has 5 nitrogen and oxygen atoms in total. The summed E-state index contributed by atoms with van der Waals surface area (Å²) in [5.74, 6) is 0.0206. The van der Waals surface area contributed by atoms with E-state index in [1.54, 1.807) is 25.1 Å². The van der Waals surface area contributed by atoms with E-state index in [0.29, 0.717) is 11.3 Å². The second-order valence-electron chi connectivity index (χ2n) is 7.57. The van der Waals surface area contributed by atoms with Crippen molar-refractivity contribution in [1.82, 2.24) is 4.90 Å². The van der Waals surface area contributed by atoms with Crippen molar-refractivity contribution in [2.75, 3.05) is 20.8 Å². The molecule has 0 radical (unpaired) electrons. The van der Waals surface area contributed by atoms with Crippen molar-refractivity contribution in [3.8, 4) is 5.75 Å². The van der Waals surface area contributed by atoms with Gasteiger partial charge < -0.3 is 14.4 Å². The molecular formula is C25H29NO4. The summed E-state index contributed by atoms with van der Waals surface area (Å²) in [7, 11) is 3.40. The van der Waals surface area contributed by atoms with Crippen LogP contribution in [0, 0.1) is 0 Å². The van der Waals surface area contributed by atoms with E-state index in [2.05, 4.69) is 0 Å². The zero-order valence-corrected chi connectivity index (χ0v) is 17.7. The van der Waals surface area contributed by atoms with Gasteiger partial charge in [-0.2, -0.15) is 0 Å². The van der Waals surface area contributed by atoms with Gasteiger partial charge in [-0.3, -0.25) is 4.79 Å².